The number of carbonyl (C=O) groups is 1. The molecular formula is C16H27ClN2O. The highest BCUT2D eigenvalue weighted by atomic mass is 35.5. The van der Waals surface area contributed by atoms with Crippen molar-refractivity contribution >= 4 is 18.3 Å². The van der Waals surface area contributed by atoms with Gasteiger partial charge in [0.2, 0.25) is 5.91 Å². The van der Waals surface area contributed by atoms with Gasteiger partial charge < -0.3 is 10.6 Å². The molecule has 1 amide bonds. The maximum absolute atomic E-state index is 11.9. The minimum atomic E-state index is 0. The number of carbonyl (C=O) groups excluding carboxylic acids is 1. The lowest BCUT2D eigenvalue weighted by molar-refractivity contribution is -0.121. The molecule has 1 unspecified atom stereocenters. The first-order chi connectivity index (χ1) is 9.27. The molecule has 1 rings (SSSR count). The Morgan fingerprint density at radius 1 is 1.10 bits per heavy atom. The largest absolute Gasteiger partial charge is 0.355 e. The van der Waals surface area contributed by atoms with Crippen LogP contribution < -0.4 is 10.6 Å². The minimum absolute atomic E-state index is 0. The number of amides is 1. The second-order valence-electron chi connectivity index (χ2n) is 4.82. The Labute approximate surface area is 128 Å². The molecule has 4 heteroatoms. The first-order valence-electron chi connectivity index (χ1n) is 7.30. The second-order valence-corrected chi connectivity index (χ2v) is 4.82. The molecule has 0 heterocycles. The van der Waals surface area contributed by atoms with Gasteiger partial charge in [0, 0.05) is 19.5 Å². The first-order valence-corrected chi connectivity index (χ1v) is 7.30. The van der Waals surface area contributed by atoms with E-state index in [2.05, 4.69) is 36.6 Å². The third-order valence-corrected chi connectivity index (χ3v) is 3.25. The van der Waals surface area contributed by atoms with E-state index in [0.29, 0.717) is 18.9 Å². The second kappa shape index (κ2) is 11.7. The summed E-state index contributed by atoms with van der Waals surface area (Å²) in [5, 5.41) is 6.25. The molecule has 2 N–H and O–H groups in total. The molecule has 0 fully saturated rings. The van der Waals surface area contributed by atoms with Crippen LogP contribution in [0.5, 0.6) is 0 Å². The maximum Gasteiger partial charge on any atom is 0.220 e. The lowest BCUT2D eigenvalue weighted by Gasteiger charge is -2.15. The van der Waals surface area contributed by atoms with Crippen LogP contribution in [0.1, 0.15) is 44.6 Å². The van der Waals surface area contributed by atoms with E-state index in [1.807, 2.05) is 18.2 Å². The molecule has 0 saturated carbocycles. The third-order valence-electron chi connectivity index (χ3n) is 3.25. The molecule has 0 aliphatic heterocycles. The van der Waals surface area contributed by atoms with Crippen LogP contribution in [0.15, 0.2) is 30.3 Å². The van der Waals surface area contributed by atoms with Crippen LogP contribution in [-0.2, 0) is 4.79 Å². The average Bonchev–Trinajstić information content (AvgIpc) is 2.45. The summed E-state index contributed by atoms with van der Waals surface area (Å²) in [4.78, 5) is 11.9. The van der Waals surface area contributed by atoms with Gasteiger partial charge in [-0.2, -0.15) is 0 Å². The van der Waals surface area contributed by atoms with Crippen LogP contribution in [0.4, 0.5) is 0 Å². The predicted molar refractivity (Wildman–Crippen MR) is 87.5 cm³/mol. The van der Waals surface area contributed by atoms with Gasteiger partial charge in [-0.3, -0.25) is 4.79 Å². The van der Waals surface area contributed by atoms with E-state index >= 15 is 0 Å². The summed E-state index contributed by atoms with van der Waals surface area (Å²) in [6.07, 6.45) is 2.69. The molecule has 0 spiro atoms. The highest BCUT2D eigenvalue weighted by Gasteiger charge is 2.13. The molecule has 1 aromatic carbocycles. The summed E-state index contributed by atoms with van der Waals surface area (Å²) in [5.41, 5.74) is 1.25. The Balaban J connectivity index is 0.00000361. The molecule has 114 valence electrons. The predicted octanol–water partition coefficient (Wildman–Crippen LogP) is 3.11. The summed E-state index contributed by atoms with van der Waals surface area (Å²) in [5.74, 6) is 0.471. The van der Waals surface area contributed by atoms with Crippen LogP contribution in [0.25, 0.3) is 0 Å². The lowest BCUT2D eigenvalue weighted by Crippen LogP contribution is -2.32. The summed E-state index contributed by atoms with van der Waals surface area (Å²) in [6, 6.07) is 10.3. The zero-order valence-electron chi connectivity index (χ0n) is 12.5. The van der Waals surface area contributed by atoms with Gasteiger partial charge in [0.25, 0.3) is 0 Å². The zero-order chi connectivity index (χ0) is 13.9. The van der Waals surface area contributed by atoms with E-state index in [0.717, 1.165) is 25.9 Å². The number of halogens is 1. The highest BCUT2D eigenvalue weighted by molar-refractivity contribution is 5.85. The van der Waals surface area contributed by atoms with Crippen LogP contribution in [-0.4, -0.2) is 25.5 Å². The quantitative estimate of drug-likeness (QED) is 0.688. The molecule has 0 radical (unpaired) electrons. The smallest absolute Gasteiger partial charge is 0.220 e. The maximum atomic E-state index is 11.9. The van der Waals surface area contributed by atoms with Crippen molar-refractivity contribution < 1.29 is 4.79 Å². The number of nitrogens with one attached hydrogen (secondary N) is 2. The zero-order valence-corrected chi connectivity index (χ0v) is 13.3. The molecule has 3 nitrogen and oxygen atoms in total. The number of benzene rings is 1. The fourth-order valence-corrected chi connectivity index (χ4v) is 2.11. The Morgan fingerprint density at radius 2 is 1.80 bits per heavy atom. The number of hydrogen-bond acceptors (Lipinski definition) is 2. The van der Waals surface area contributed by atoms with Gasteiger partial charge in [0.15, 0.2) is 0 Å². The number of rotatable bonds is 9. The molecule has 0 saturated heterocycles. The Morgan fingerprint density at radius 3 is 2.40 bits per heavy atom. The first kappa shape index (κ1) is 18.9. The van der Waals surface area contributed by atoms with Crippen molar-refractivity contribution in [3.63, 3.8) is 0 Å². The van der Waals surface area contributed by atoms with Crippen molar-refractivity contribution in [3.8, 4) is 0 Å². The van der Waals surface area contributed by atoms with E-state index in [9.17, 15) is 4.79 Å². The van der Waals surface area contributed by atoms with E-state index < -0.39 is 0 Å². The fourth-order valence-electron chi connectivity index (χ4n) is 2.11. The van der Waals surface area contributed by atoms with E-state index in [1.54, 1.807) is 0 Å². The Hall–Kier alpha value is -1.06. The molecule has 1 atom stereocenters. The van der Waals surface area contributed by atoms with E-state index in [4.69, 9.17) is 0 Å². The molecule has 0 aromatic heterocycles. The summed E-state index contributed by atoms with van der Waals surface area (Å²) < 4.78 is 0. The standard InChI is InChI=1S/C16H26N2O.ClH/c1-3-10-17-11-12-18-16(19)13-14(4-2)15-8-6-5-7-9-15;/h5-9,14,17H,3-4,10-13H2,1-2H3,(H,18,19);1H. The Kier molecular flexibility index (Phi) is 11.1. The molecule has 0 aliphatic carbocycles. The summed E-state index contributed by atoms with van der Waals surface area (Å²) in [7, 11) is 0. The highest BCUT2D eigenvalue weighted by Crippen LogP contribution is 2.22. The summed E-state index contributed by atoms with van der Waals surface area (Å²) in [6.45, 7) is 6.84. The topological polar surface area (TPSA) is 41.1 Å². The van der Waals surface area contributed by atoms with Crippen molar-refractivity contribution in [1.82, 2.24) is 10.6 Å². The van der Waals surface area contributed by atoms with Gasteiger partial charge in [-0.25, -0.2) is 0 Å². The van der Waals surface area contributed by atoms with Crippen molar-refractivity contribution in [2.75, 3.05) is 19.6 Å². The minimum Gasteiger partial charge on any atom is -0.355 e. The number of hydrogen-bond donors (Lipinski definition) is 2. The molecule has 0 aliphatic rings. The van der Waals surface area contributed by atoms with Gasteiger partial charge in [0.1, 0.15) is 0 Å². The van der Waals surface area contributed by atoms with E-state index in [-0.39, 0.29) is 18.3 Å². The molecule has 20 heavy (non-hydrogen) atoms. The van der Waals surface area contributed by atoms with Gasteiger partial charge in [-0.1, -0.05) is 44.2 Å². The van der Waals surface area contributed by atoms with Gasteiger partial charge in [-0.05, 0) is 30.9 Å². The molecule has 1 aromatic rings. The van der Waals surface area contributed by atoms with Gasteiger partial charge in [-0.15, -0.1) is 12.4 Å². The Bertz CT molecular complexity index is 357. The average molecular weight is 299 g/mol. The van der Waals surface area contributed by atoms with Crippen LogP contribution >= 0.6 is 12.4 Å². The van der Waals surface area contributed by atoms with E-state index in [1.165, 1.54) is 5.56 Å². The van der Waals surface area contributed by atoms with Gasteiger partial charge in [0.05, 0.1) is 0 Å². The lowest BCUT2D eigenvalue weighted by atomic mass is 9.93. The van der Waals surface area contributed by atoms with Crippen molar-refractivity contribution in [1.29, 1.82) is 0 Å². The monoisotopic (exact) mass is 298 g/mol. The summed E-state index contributed by atoms with van der Waals surface area (Å²) >= 11 is 0. The van der Waals surface area contributed by atoms with Crippen molar-refractivity contribution in [2.45, 2.75) is 39.0 Å². The molecule has 0 bridgehead atoms. The SMILES string of the molecule is CCCNCCNC(=O)CC(CC)c1ccccc1.Cl. The third kappa shape index (κ3) is 7.51. The van der Waals surface area contributed by atoms with Gasteiger partial charge >= 0.3 is 0 Å². The fraction of sp³-hybridized carbons (Fsp3) is 0.562. The van der Waals surface area contributed by atoms with Crippen molar-refractivity contribution in [3.05, 3.63) is 35.9 Å². The van der Waals surface area contributed by atoms with Crippen LogP contribution in [0, 0.1) is 0 Å². The normalized spacial score (nSPS) is 11.5. The van der Waals surface area contributed by atoms with Crippen LogP contribution in [0.3, 0.4) is 0 Å². The van der Waals surface area contributed by atoms with Crippen molar-refractivity contribution in [2.24, 2.45) is 0 Å². The van der Waals surface area contributed by atoms with Crippen LogP contribution in [0.2, 0.25) is 0 Å². The molecular weight excluding hydrogens is 272 g/mol.